The van der Waals surface area contributed by atoms with Gasteiger partial charge in [0.2, 0.25) is 0 Å². The zero-order chi connectivity index (χ0) is 12.0. The molecule has 0 bridgehead atoms. The summed E-state index contributed by atoms with van der Waals surface area (Å²) in [4.78, 5) is 8.34. The molecule has 0 aliphatic heterocycles. The van der Waals surface area contributed by atoms with Gasteiger partial charge < -0.3 is 10.1 Å². The summed E-state index contributed by atoms with van der Waals surface area (Å²) in [5.41, 5.74) is 1.03. The van der Waals surface area contributed by atoms with Gasteiger partial charge in [-0.25, -0.2) is 9.97 Å². The van der Waals surface area contributed by atoms with E-state index in [0.717, 1.165) is 5.57 Å². The predicted molar refractivity (Wildman–Crippen MR) is 65.7 cm³/mol. The second-order valence-corrected chi connectivity index (χ2v) is 3.83. The van der Waals surface area contributed by atoms with Gasteiger partial charge in [0, 0.05) is 19.2 Å². The average Bonchev–Trinajstić information content (AvgIpc) is 2.23. The van der Waals surface area contributed by atoms with Crippen molar-refractivity contribution in [3.05, 3.63) is 29.2 Å². The van der Waals surface area contributed by atoms with Gasteiger partial charge in [0.15, 0.2) is 5.82 Å². The number of halogens is 1. The Morgan fingerprint density at radius 1 is 1.56 bits per heavy atom. The largest absolute Gasteiger partial charge is 0.374 e. The van der Waals surface area contributed by atoms with E-state index in [1.54, 1.807) is 6.07 Å². The molecule has 0 aliphatic rings. The van der Waals surface area contributed by atoms with Crippen molar-refractivity contribution >= 4 is 17.4 Å². The van der Waals surface area contributed by atoms with Crippen molar-refractivity contribution in [2.24, 2.45) is 0 Å². The van der Waals surface area contributed by atoms with Crippen LogP contribution < -0.4 is 5.32 Å². The predicted octanol–water partition coefficient (Wildman–Crippen LogP) is 2.65. The number of ether oxygens (including phenoxy) is 1. The molecule has 16 heavy (non-hydrogen) atoms. The van der Waals surface area contributed by atoms with E-state index in [1.807, 2.05) is 13.8 Å². The zero-order valence-electron chi connectivity index (χ0n) is 9.59. The fourth-order valence-electron chi connectivity index (χ4n) is 1.05. The van der Waals surface area contributed by atoms with Crippen molar-refractivity contribution in [2.45, 2.75) is 20.5 Å². The number of rotatable bonds is 6. The van der Waals surface area contributed by atoms with Crippen LogP contribution in [0, 0.1) is 0 Å². The third kappa shape index (κ3) is 4.59. The van der Waals surface area contributed by atoms with E-state index in [2.05, 4.69) is 21.9 Å². The van der Waals surface area contributed by atoms with Gasteiger partial charge in [-0.15, -0.1) is 0 Å². The number of anilines is 1. The van der Waals surface area contributed by atoms with Crippen LogP contribution in [-0.4, -0.2) is 23.1 Å². The van der Waals surface area contributed by atoms with E-state index in [-0.39, 0.29) is 0 Å². The summed E-state index contributed by atoms with van der Waals surface area (Å²) in [7, 11) is 0. The van der Waals surface area contributed by atoms with Crippen LogP contribution in [0.2, 0.25) is 5.15 Å². The lowest BCUT2D eigenvalue weighted by atomic mass is 10.3. The quantitative estimate of drug-likeness (QED) is 0.615. The molecule has 0 saturated heterocycles. The number of hydrogen-bond donors (Lipinski definition) is 1. The summed E-state index contributed by atoms with van der Waals surface area (Å²) in [6.07, 6.45) is 0. The normalized spacial score (nSPS) is 10.2. The lowest BCUT2D eigenvalue weighted by Crippen LogP contribution is -2.07. The van der Waals surface area contributed by atoms with Crippen molar-refractivity contribution in [2.75, 3.05) is 18.5 Å². The molecule has 5 heteroatoms. The molecule has 1 rings (SSSR count). The summed E-state index contributed by atoms with van der Waals surface area (Å²) in [5.74, 6) is 1.27. The van der Waals surface area contributed by atoms with E-state index >= 15 is 0 Å². The van der Waals surface area contributed by atoms with Crippen LogP contribution in [0.3, 0.4) is 0 Å². The fourth-order valence-corrected chi connectivity index (χ4v) is 1.26. The molecular weight excluding hydrogens is 226 g/mol. The SMILES string of the molecule is C=C(C)CNc1cc(Cl)nc(COCC)n1. The lowest BCUT2D eigenvalue weighted by Gasteiger charge is -2.07. The Labute approximate surface area is 101 Å². The van der Waals surface area contributed by atoms with E-state index in [9.17, 15) is 0 Å². The standard InChI is InChI=1S/C11H16ClN3O/c1-4-16-7-11-14-9(12)5-10(15-11)13-6-8(2)3/h5H,2,4,6-7H2,1,3H3,(H,13,14,15). The second-order valence-electron chi connectivity index (χ2n) is 3.44. The highest BCUT2D eigenvalue weighted by atomic mass is 35.5. The topological polar surface area (TPSA) is 47.0 Å². The Bertz CT molecular complexity index is 368. The first kappa shape index (κ1) is 12.9. The highest BCUT2D eigenvalue weighted by Crippen LogP contribution is 2.12. The third-order valence-electron chi connectivity index (χ3n) is 1.75. The average molecular weight is 242 g/mol. The molecule has 0 aliphatic carbocycles. The summed E-state index contributed by atoms with van der Waals surface area (Å²) in [5, 5.41) is 3.52. The molecule has 1 heterocycles. The van der Waals surface area contributed by atoms with E-state index in [1.165, 1.54) is 0 Å². The molecular formula is C11H16ClN3O. The second kappa shape index (κ2) is 6.45. The first-order chi connectivity index (χ1) is 7.61. The van der Waals surface area contributed by atoms with Gasteiger partial charge in [0.25, 0.3) is 0 Å². The Morgan fingerprint density at radius 2 is 2.31 bits per heavy atom. The molecule has 0 amide bonds. The summed E-state index contributed by atoms with van der Waals surface area (Å²) in [6.45, 7) is 9.34. The van der Waals surface area contributed by atoms with Gasteiger partial charge in [-0.3, -0.25) is 0 Å². The first-order valence-electron chi connectivity index (χ1n) is 5.11. The van der Waals surface area contributed by atoms with Gasteiger partial charge in [0.05, 0.1) is 0 Å². The molecule has 0 aromatic carbocycles. The van der Waals surface area contributed by atoms with Crippen LogP contribution in [-0.2, 0) is 11.3 Å². The van der Waals surface area contributed by atoms with Gasteiger partial charge in [-0.05, 0) is 13.8 Å². The van der Waals surface area contributed by atoms with Crippen LogP contribution in [0.1, 0.15) is 19.7 Å². The van der Waals surface area contributed by atoms with Gasteiger partial charge >= 0.3 is 0 Å². The van der Waals surface area contributed by atoms with Crippen molar-refractivity contribution in [1.82, 2.24) is 9.97 Å². The molecule has 1 aromatic heterocycles. The molecule has 0 fully saturated rings. The minimum Gasteiger partial charge on any atom is -0.374 e. The highest BCUT2D eigenvalue weighted by molar-refractivity contribution is 6.29. The molecule has 0 radical (unpaired) electrons. The molecule has 0 unspecified atom stereocenters. The maximum absolute atomic E-state index is 5.88. The van der Waals surface area contributed by atoms with Gasteiger partial charge in [-0.1, -0.05) is 23.8 Å². The molecule has 0 atom stereocenters. The van der Waals surface area contributed by atoms with E-state index in [0.29, 0.717) is 36.6 Å². The van der Waals surface area contributed by atoms with Crippen LogP contribution in [0.5, 0.6) is 0 Å². The van der Waals surface area contributed by atoms with Crippen molar-refractivity contribution in [1.29, 1.82) is 0 Å². The molecule has 0 spiro atoms. The van der Waals surface area contributed by atoms with E-state index < -0.39 is 0 Å². The first-order valence-corrected chi connectivity index (χ1v) is 5.49. The van der Waals surface area contributed by atoms with Gasteiger partial charge in [-0.2, -0.15) is 0 Å². The summed E-state index contributed by atoms with van der Waals surface area (Å²) >= 11 is 5.88. The third-order valence-corrected chi connectivity index (χ3v) is 1.94. The Kier molecular flexibility index (Phi) is 5.22. The van der Waals surface area contributed by atoms with Crippen LogP contribution in [0.15, 0.2) is 18.2 Å². The lowest BCUT2D eigenvalue weighted by molar-refractivity contribution is 0.128. The minimum atomic E-state index is 0.374. The number of hydrogen-bond acceptors (Lipinski definition) is 4. The Morgan fingerprint density at radius 3 is 2.94 bits per heavy atom. The molecule has 0 saturated carbocycles. The Balaban J connectivity index is 2.69. The molecule has 88 valence electrons. The van der Waals surface area contributed by atoms with Crippen molar-refractivity contribution in [3.8, 4) is 0 Å². The smallest absolute Gasteiger partial charge is 0.158 e. The zero-order valence-corrected chi connectivity index (χ0v) is 10.3. The fraction of sp³-hybridized carbons (Fsp3) is 0.455. The monoisotopic (exact) mass is 241 g/mol. The maximum atomic E-state index is 5.88. The van der Waals surface area contributed by atoms with Crippen LogP contribution in [0.4, 0.5) is 5.82 Å². The minimum absolute atomic E-state index is 0.374. The summed E-state index contributed by atoms with van der Waals surface area (Å²) in [6, 6.07) is 1.68. The highest BCUT2D eigenvalue weighted by Gasteiger charge is 2.02. The molecule has 1 aromatic rings. The number of nitrogens with one attached hydrogen (secondary N) is 1. The van der Waals surface area contributed by atoms with Gasteiger partial charge in [0.1, 0.15) is 17.6 Å². The number of nitrogens with zero attached hydrogens (tertiary/aromatic N) is 2. The molecule has 1 N–H and O–H groups in total. The maximum Gasteiger partial charge on any atom is 0.158 e. The van der Waals surface area contributed by atoms with Crippen LogP contribution in [0.25, 0.3) is 0 Å². The summed E-state index contributed by atoms with van der Waals surface area (Å²) < 4.78 is 5.23. The van der Waals surface area contributed by atoms with Crippen molar-refractivity contribution in [3.63, 3.8) is 0 Å². The number of aromatic nitrogens is 2. The van der Waals surface area contributed by atoms with Crippen LogP contribution >= 0.6 is 11.6 Å². The van der Waals surface area contributed by atoms with E-state index in [4.69, 9.17) is 16.3 Å². The van der Waals surface area contributed by atoms with Crippen molar-refractivity contribution < 1.29 is 4.74 Å². The molecule has 4 nitrogen and oxygen atoms in total. The Hall–Kier alpha value is -1.13.